The van der Waals surface area contributed by atoms with Crippen LogP contribution in [0.5, 0.6) is 11.9 Å². The monoisotopic (exact) mass is 348 g/mol. The Hall–Kier alpha value is -1.44. The molecule has 1 aromatic heterocycles. The fraction of sp³-hybridized carbons (Fsp3) is 0.778. The SMILES string of the molecule is COC[C@@H]1CC[C@@]2(COc3nc4c(c(OC)n3)CCNC4)CCCN12. The molecule has 7 nitrogen and oxygen atoms in total. The second kappa shape index (κ2) is 7.05. The normalized spacial score (nSPS) is 28.6. The summed E-state index contributed by atoms with van der Waals surface area (Å²) in [6, 6.07) is 0.954. The maximum absolute atomic E-state index is 6.12. The van der Waals surface area contributed by atoms with Crippen molar-refractivity contribution in [3.05, 3.63) is 11.3 Å². The molecule has 0 unspecified atom stereocenters. The highest BCUT2D eigenvalue weighted by molar-refractivity contribution is 5.34. The molecule has 4 heterocycles. The molecular formula is C18H28N4O3. The molecule has 0 radical (unpaired) electrons. The third kappa shape index (κ3) is 3.09. The second-order valence-electron chi connectivity index (χ2n) is 7.33. The molecule has 0 aliphatic carbocycles. The van der Waals surface area contributed by atoms with Crippen molar-refractivity contribution in [2.24, 2.45) is 0 Å². The maximum atomic E-state index is 6.12. The number of rotatable bonds is 6. The molecule has 0 saturated carbocycles. The first kappa shape index (κ1) is 17.0. The Bertz CT molecular complexity index is 609. The van der Waals surface area contributed by atoms with Gasteiger partial charge in [0.15, 0.2) is 0 Å². The molecule has 2 fully saturated rings. The van der Waals surface area contributed by atoms with Gasteiger partial charge in [0.1, 0.15) is 6.61 Å². The van der Waals surface area contributed by atoms with E-state index in [2.05, 4.69) is 20.2 Å². The molecule has 1 N–H and O–H groups in total. The number of hydrogen-bond donors (Lipinski definition) is 1. The fourth-order valence-electron chi connectivity index (χ4n) is 4.72. The van der Waals surface area contributed by atoms with Crippen molar-refractivity contribution in [1.82, 2.24) is 20.2 Å². The van der Waals surface area contributed by atoms with E-state index in [1.54, 1.807) is 14.2 Å². The van der Waals surface area contributed by atoms with Crippen LogP contribution < -0.4 is 14.8 Å². The minimum absolute atomic E-state index is 0.119. The van der Waals surface area contributed by atoms with Gasteiger partial charge in [0.25, 0.3) is 0 Å². The third-order valence-electron chi connectivity index (χ3n) is 5.93. The van der Waals surface area contributed by atoms with Gasteiger partial charge >= 0.3 is 6.01 Å². The number of methoxy groups -OCH3 is 2. The van der Waals surface area contributed by atoms with Crippen molar-refractivity contribution in [1.29, 1.82) is 0 Å². The quantitative estimate of drug-likeness (QED) is 0.827. The van der Waals surface area contributed by atoms with E-state index in [1.165, 1.54) is 19.3 Å². The van der Waals surface area contributed by atoms with Crippen molar-refractivity contribution in [2.75, 3.05) is 40.5 Å². The van der Waals surface area contributed by atoms with E-state index in [9.17, 15) is 0 Å². The predicted octanol–water partition coefficient (Wildman–Crippen LogP) is 1.15. The Labute approximate surface area is 149 Å². The molecule has 0 amide bonds. The first-order valence-electron chi connectivity index (χ1n) is 9.29. The zero-order valence-corrected chi connectivity index (χ0v) is 15.2. The van der Waals surface area contributed by atoms with Gasteiger partial charge < -0.3 is 19.5 Å². The lowest BCUT2D eigenvalue weighted by Crippen LogP contribution is -2.47. The van der Waals surface area contributed by atoms with Crippen molar-refractivity contribution in [3.8, 4) is 11.9 Å². The topological polar surface area (TPSA) is 68.7 Å². The van der Waals surface area contributed by atoms with Crippen LogP contribution in [0.25, 0.3) is 0 Å². The van der Waals surface area contributed by atoms with Crippen LogP contribution in [-0.4, -0.2) is 67.0 Å². The van der Waals surface area contributed by atoms with Gasteiger partial charge in [-0.05, 0) is 45.2 Å². The Morgan fingerprint density at radius 1 is 1.28 bits per heavy atom. The van der Waals surface area contributed by atoms with Gasteiger partial charge in [-0.25, -0.2) is 0 Å². The van der Waals surface area contributed by atoms with Crippen LogP contribution in [0, 0.1) is 0 Å². The van der Waals surface area contributed by atoms with Crippen LogP contribution in [0.15, 0.2) is 0 Å². The van der Waals surface area contributed by atoms with Gasteiger partial charge in [-0.3, -0.25) is 4.90 Å². The minimum atomic E-state index is 0.119. The minimum Gasteiger partial charge on any atom is -0.481 e. The summed E-state index contributed by atoms with van der Waals surface area (Å²) in [5.41, 5.74) is 2.22. The Morgan fingerprint density at radius 3 is 3.04 bits per heavy atom. The molecule has 2 saturated heterocycles. The van der Waals surface area contributed by atoms with Crippen LogP contribution >= 0.6 is 0 Å². The number of aromatic nitrogens is 2. The lowest BCUT2D eigenvalue weighted by Gasteiger charge is -2.34. The summed E-state index contributed by atoms with van der Waals surface area (Å²) in [4.78, 5) is 11.7. The Morgan fingerprint density at radius 2 is 2.20 bits per heavy atom. The van der Waals surface area contributed by atoms with Crippen molar-refractivity contribution in [3.63, 3.8) is 0 Å². The number of ether oxygens (including phenoxy) is 3. The van der Waals surface area contributed by atoms with Crippen LogP contribution in [0.3, 0.4) is 0 Å². The lowest BCUT2D eigenvalue weighted by molar-refractivity contribution is 0.0517. The molecule has 1 aromatic rings. The molecule has 3 aliphatic rings. The van der Waals surface area contributed by atoms with E-state index < -0.39 is 0 Å². The molecule has 0 bridgehead atoms. The van der Waals surface area contributed by atoms with Crippen molar-refractivity contribution >= 4 is 0 Å². The molecule has 138 valence electrons. The number of fused-ring (bicyclic) bond motifs is 2. The summed E-state index contributed by atoms with van der Waals surface area (Å²) in [5.74, 6) is 0.658. The molecular weight excluding hydrogens is 320 g/mol. The number of hydrogen-bond acceptors (Lipinski definition) is 7. The third-order valence-corrected chi connectivity index (χ3v) is 5.93. The largest absolute Gasteiger partial charge is 0.481 e. The van der Waals surface area contributed by atoms with Gasteiger partial charge in [-0.2, -0.15) is 9.97 Å². The first-order chi connectivity index (χ1) is 12.3. The van der Waals surface area contributed by atoms with Gasteiger partial charge in [-0.1, -0.05) is 0 Å². The van der Waals surface area contributed by atoms with E-state index in [1.807, 2.05) is 0 Å². The molecule has 7 heteroatoms. The Balaban J connectivity index is 1.50. The van der Waals surface area contributed by atoms with Crippen molar-refractivity contribution < 1.29 is 14.2 Å². The molecule has 2 atom stereocenters. The highest BCUT2D eigenvalue weighted by Crippen LogP contribution is 2.42. The zero-order valence-electron chi connectivity index (χ0n) is 15.2. The van der Waals surface area contributed by atoms with Gasteiger partial charge in [0, 0.05) is 25.3 Å². The van der Waals surface area contributed by atoms with E-state index in [4.69, 9.17) is 14.2 Å². The molecule has 25 heavy (non-hydrogen) atoms. The number of nitrogens with zero attached hydrogens (tertiary/aromatic N) is 3. The van der Waals surface area contributed by atoms with Crippen LogP contribution in [0.2, 0.25) is 0 Å². The van der Waals surface area contributed by atoms with Gasteiger partial charge in [0.05, 0.1) is 24.9 Å². The average Bonchev–Trinajstić information content (AvgIpc) is 3.20. The summed E-state index contributed by atoms with van der Waals surface area (Å²) < 4.78 is 17.0. The summed E-state index contributed by atoms with van der Waals surface area (Å²) in [5, 5.41) is 3.35. The smallest absolute Gasteiger partial charge is 0.320 e. The van der Waals surface area contributed by atoms with E-state index in [0.29, 0.717) is 24.5 Å². The van der Waals surface area contributed by atoms with Gasteiger partial charge in [0.2, 0.25) is 5.88 Å². The summed E-state index contributed by atoms with van der Waals surface area (Å²) in [6.07, 6.45) is 5.63. The fourth-order valence-corrected chi connectivity index (χ4v) is 4.72. The van der Waals surface area contributed by atoms with Crippen LogP contribution in [0.4, 0.5) is 0 Å². The Kier molecular flexibility index (Phi) is 4.80. The van der Waals surface area contributed by atoms with Crippen molar-refractivity contribution in [2.45, 2.75) is 50.2 Å². The molecule has 0 spiro atoms. The number of nitrogens with one attached hydrogen (secondary N) is 1. The summed E-state index contributed by atoms with van der Waals surface area (Å²) in [7, 11) is 3.45. The maximum Gasteiger partial charge on any atom is 0.320 e. The molecule has 3 aliphatic heterocycles. The first-order valence-corrected chi connectivity index (χ1v) is 9.29. The van der Waals surface area contributed by atoms with Crippen LogP contribution in [0.1, 0.15) is 36.9 Å². The average molecular weight is 348 g/mol. The highest BCUT2D eigenvalue weighted by atomic mass is 16.5. The van der Waals surface area contributed by atoms with Crippen LogP contribution in [-0.2, 0) is 17.7 Å². The predicted molar refractivity (Wildman–Crippen MR) is 93.1 cm³/mol. The summed E-state index contributed by atoms with van der Waals surface area (Å²) in [6.45, 7) is 4.26. The standard InChI is InChI=1S/C18H28N4O3/c1-23-11-13-4-7-18(6-3-9-22(13)18)12-25-17-20-15-10-19-8-5-14(15)16(21-17)24-2/h13,19H,3-12H2,1-2H3/t13-,18+/m0/s1. The zero-order chi connectivity index (χ0) is 17.3. The summed E-state index contributed by atoms with van der Waals surface area (Å²) >= 11 is 0. The van der Waals surface area contributed by atoms with E-state index in [-0.39, 0.29) is 5.54 Å². The lowest BCUT2D eigenvalue weighted by atomic mass is 9.95. The van der Waals surface area contributed by atoms with E-state index in [0.717, 1.165) is 50.3 Å². The second-order valence-corrected chi connectivity index (χ2v) is 7.33. The molecule has 0 aromatic carbocycles. The van der Waals surface area contributed by atoms with E-state index >= 15 is 0 Å². The van der Waals surface area contributed by atoms with Gasteiger partial charge in [-0.15, -0.1) is 0 Å². The molecule has 4 rings (SSSR count). The highest BCUT2D eigenvalue weighted by Gasteiger charge is 2.49.